The van der Waals surface area contributed by atoms with Gasteiger partial charge in [-0.2, -0.15) is 0 Å². The van der Waals surface area contributed by atoms with E-state index in [0.717, 1.165) is 17.3 Å². The van der Waals surface area contributed by atoms with Gasteiger partial charge in [-0.15, -0.1) is 0 Å². The summed E-state index contributed by atoms with van der Waals surface area (Å²) in [4.78, 5) is 30.8. The first-order valence-electron chi connectivity index (χ1n) is 8.37. The fourth-order valence-corrected chi connectivity index (χ4v) is 3.43. The van der Waals surface area contributed by atoms with E-state index in [2.05, 4.69) is 0 Å². The van der Waals surface area contributed by atoms with Crippen LogP contribution in [0.2, 0.25) is 0 Å². The third kappa shape index (κ3) is 5.03. The fraction of sp³-hybridized carbons (Fsp3) is 0.529. The molecule has 0 N–H and O–H groups in total. The number of rotatable bonds is 9. The number of nitrogens with zero attached hydrogens (tertiary/aromatic N) is 2. The molecule has 1 aromatic rings. The summed E-state index contributed by atoms with van der Waals surface area (Å²) in [6, 6.07) is 5.69. The van der Waals surface area contributed by atoms with Crippen LogP contribution < -0.4 is 0 Å². The molecule has 26 heavy (non-hydrogen) atoms. The summed E-state index contributed by atoms with van der Waals surface area (Å²) in [6.45, 7) is 2.23. The molecule has 2 rings (SSSR count). The van der Waals surface area contributed by atoms with Crippen LogP contribution in [-0.4, -0.2) is 63.5 Å². The van der Waals surface area contributed by atoms with Gasteiger partial charge in [0.25, 0.3) is 15.9 Å². The minimum atomic E-state index is -3.86. The van der Waals surface area contributed by atoms with Gasteiger partial charge in [-0.25, -0.2) is 8.42 Å². The highest BCUT2D eigenvalue weighted by Gasteiger charge is 2.29. The van der Waals surface area contributed by atoms with Crippen LogP contribution in [0.15, 0.2) is 29.2 Å². The van der Waals surface area contributed by atoms with Crippen molar-refractivity contribution in [2.75, 3.05) is 33.9 Å². The zero-order valence-corrected chi connectivity index (χ0v) is 16.0. The molecule has 0 bridgehead atoms. The van der Waals surface area contributed by atoms with Gasteiger partial charge in [0.1, 0.15) is 6.54 Å². The molecule has 0 aromatic heterocycles. The Hall–Kier alpha value is -1.97. The number of hydroxylamine groups is 1. The summed E-state index contributed by atoms with van der Waals surface area (Å²) in [7, 11) is -1.36. The van der Waals surface area contributed by atoms with E-state index in [4.69, 9.17) is 9.57 Å². The molecule has 8 nitrogen and oxygen atoms in total. The fourth-order valence-electron chi connectivity index (χ4n) is 2.41. The van der Waals surface area contributed by atoms with Crippen molar-refractivity contribution in [3.8, 4) is 0 Å². The number of hydrogen-bond donors (Lipinski definition) is 0. The second kappa shape index (κ2) is 8.61. The number of carbonyl (C=O) groups excluding carboxylic acids is 2. The molecule has 0 aliphatic heterocycles. The van der Waals surface area contributed by atoms with E-state index in [-0.39, 0.29) is 23.6 Å². The van der Waals surface area contributed by atoms with E-state index in [1.165, 1.54) is 43.3 Å². The largest absolute Gasteiger partial charge is 0.465 e. The van der Waals surface area contributed by atoms with Crippen LogP contribution in [0.5, 0.6) is 0 Å². The molecule has 1 aliphatic rings. The average molecular weight is 384 g/mol. The molecule has 1 amide bonds. The molecule has 144 valence electrons. The van der Waals surface area contributed by atoms with Crippen LogP contribution in [0.3, 0.4) is 0 Å². The Morgan fingerprint density at radius 2 is 1.96 bits per heavy atom. The van der Waals surface area contributed by atoms with Crippen molar-refractivity contribution in [2.24, 2.45) is 5.92 Å². The van der Waals surface area contributed by atoms with Gasteiger partial charge < -0.3 is 9.64 Å². The maximum Gasteiger partial charge on any atom is 0.325 e. The van der Waals surface area contributed by atoms with E-state index in [0.29, 0.717) is 12.5 Å². The van der Waals surface area contributed by atoms with Crippen molar-refractivity contribution in [3.05, 3.63) is 29.8 Å². The standard InChI is InChI=1S/C17H24N2O6S/c1-4-25-16(20)12-19(11-13-8-9-13)17(21)14-6-5-7-15(10-14)26(22,23)18(2)24-3/h5-7,10,13H,4,8-9,11-12H2,1-3H3. The van der Waals surface area contributed by atoms with Crippen LogP contribution in [0.1, 0.15) is 30.1 Å². The van der Waals surface area contributed by atoms with Gasteiger partial charge in [0.05, 0.1) is 18.6 Å². The van der Waals surface area contributed by atoms with Crippen LogP contribution in [0.4, 0.5) is 0 Å². The molecule has 1 aromatic carbocycles. The number of esters is 1. The van der Waals surface area contributed by atoms with Gasteiger partial charge in [0, 0.05) is 19.2 Å². The lowest BCUT2D eigenvalue weighted by atomic mass is 10.2. The number of ether oxygens (including phenoxy) is 1. The maximum absolute atomic E-state index is 12.8. The Morgan fingerprint density at radius 1 is 1.27 bits per heavy atom. The highest BCUT2D eigenvalue weighted by atomic mass is 32.2. The van der Waals surface area contributed by atoms with Crippen LogP contribution in [0, 0.1) is 5.92 Å². The molecule has 0 radical (unpaired) electrons. The summed E-state index contributed by atoms with van der Waals surface area (Å²) < 4.78 is 30.4. The van der Waals surface area contributed by atoms with Gasteiger partial charge in [0.2, 0.25) is 0 Å². The minimum Gasteiger partial charge on any atom is -0.465 e. The first kappa shape index (κ1) is 20.3. The molecule has 0 spiro atoms. The summed E-state index contributed by atoms with van der Waals surface area (Å²) in [5.74, 6) is -0.508. The highest BCUT2D eigenvalue weighted by molar-refractivity contribution is 7.89. The third-order valence-corrected chi connectivity index (χ3v) is 5.74. The highest BCUT2D eigenvalue weighted by Crippen LogP contribution is 2.30. The molecule has 1 fully saturated rings. The second-order valence-corrected chi connectivity index (χ2v) is 7.99. The molecule has 0 saturated heterocycles. The Labute approximate surface area is 153 Å². The first-order chi connectivity index (χ1) is 12.3. The molecule has 0 atom stereocenters. The van der Waals surface area contributed by atoms with Crippen LogP contribution in [-0.2, 0) is 24.4 Å². The molecular weight excluding hydrogens is 360 g/mol. The SMILES string of the molecule is CCOC(=O)CN(CC1CC1)C(=O)c1cccc(S(=O)(=O)N(C)OC)c1. The Balaban J connectivity index is 2.25. The Kier molecular flexibility index (Phi) is 6.74. The van der Waals surface area contributed by atoms with Crippen molar-refractivity contribution in [2.45, 2.75) is 24.7 Å². The second-order valence-electron chi connectivity index (χ2n) is 6.06. The third-order valence-electron chi connectivity index (χ3n) is 4.06. The number of carbonyl (C=O) groups is 2. The summed E-state index contributed by atoms with van der Waals surface area (Å²) in [6.07, 6.45) is 2.03. The van der Waals surface area contributed by atoms with Crippen molar-refractivity contribution >= 4 is 21.9 Å². The number of hydrogen-bond acceptors (Lipinski definition) is 6. The molecule has 0 heterocycles. The first-order valence-corrected chi connectivity index (χ1v) is 9.81. The van der Waals surface area contributed by atoms with Gasteiger partial charge in [0.15, 0.2) is 0 Å². The minimum absolute atomic E-state index is 0.0600. The number of sulfonamides is 1. The molecule has 1 aliphatic carbocycles. The van der Waals surface area contributed by atoms with Crippen LogP contribution in [0.25, 0.3) is 0 Å². The zero-order valence-electron chi connectivity index (χ0n) is 15.2. The number of benzene rings is 1. The molecule has 9 heteroatoms. The van der Waals surface area contributed by atoms with Crippen molar-refractivity contribution in [3.63, 3.8) is 0 Å². The Morgan fingerprint density at radius 3 is 2.54 bits per heavy atom. The van der Waals surface area contributed by atoms with Crippen molar-refractivity contribution in [1.82, 2.24) is 9.37 Å². The lowest BCUT2D eigenvalue weighted by Crippen LogP contribution is -2.38. The Bertz CT molecular complexity index is 760. The van der Waals surface area contributed by atoms with E-state index in [1.807, 2.05) is 0 Å². The van der Waals surface area contributed by atoms with Gasteiger partial charge in [-0.1, -0.05) is 10.5 Å². The molecule has 1 saturated carbocycles. The van der Waals surface area contributed by atoms with E-state index in [1.54, 1.807) is 6.92 Å². The van der Waals surface area contributed by atoms with Gasteiger partial charge in [-0.3, -0.25) is 14.4 Å². The summed E-state index contributed by atoms with van der Waals surface area (Å²) in [5, 5.41) is 0. The topological polar surface area (TPSA) is 93.2 Å². The predicted octanol–water partition coefficient (Wildman–Crippen LogP) is 1.28. The van der Waals surface area contributed by atoms with E-state index < -0.39 is 21.9 Å². The quantitative estimate of drug-likeness (QED) is 0.470. The number of amides is 1. The van der Waals surface area contributed by atoms with E-state index in [9.17, 15) is 18.0 Å². The maximum atomic E-state index is 12.8. The monoisotopic (exact) mass is 384 g/mol. The van der Waals surface area contributed by atoms with Gasteiger partial charge in [-0.05, 0) is 43.9 Å². The lowest BCUT2D eigenvalue weighted by Gasteiger charge is -2.22. The van der Waals surface area contributed by atoms with E-state index >= 15 is 0 Å². The normalized spacial score (nSPS) is 14.3. The smallest absolute Gasteiger partial charge is 0.325 e. The van der Waals surface area contributed by atoms with Crippen LogP contribution >= 0.6 is 0 Å². The zero-order chi connectivity index (χ0) is 19.3. The lowest BCUT2D eigenvalue weighted by molar-refractivity contribution is -0.143. The molecular formula is C17H24N2O6S. The average Bonchev–Trinajstić information content (AvgIpc) is 3.44. The summed E-state index contributed by atoms with van der Waals surface area (Å²) >= 11 is 0. The summed E-state index contributed by atoms with van der Waals surface area (Å²) in [5.41, 5.74) is 0.195. The van der Waals surface area contributed by atoms with Gasteiger partial charge >= 0.3 is 5.97 Å². The van der Waals surface area contributed by atoms with Crippen molar-refractivity contribution in [1.29, 1.82) is 0 Å². The van der Waals surface area contributed by atoms with Crippen molar-refractivity contribution < 1.29 is 27.6 Å². The predicted molar refractivity (Wildman–Crippen MR) is 93.7 cm³/mol. The molecule has 0 unspecified atom stereocenters.